The van der Waals surface area contributed by atoms with Crippen molar-refractivity contribution >= 4 is 17.1 Å². The number of rotatable bonds is 10. The van der Waals surface area contributed by atoms with Gasteiger partial charge < -0.3 is 18.8 Å². The van der Waals surface area contributed by atoms with Gasteiger partial charge in [0, 0.05) is 32.8 Å². The van der Waals surface area contributed by atoms with Crippen molar-refractivity contribution in [3.63, 3.8) is 0 Å². The highest BCUT2D eigenvalue weighted by atomic mass is 32.2. The van der Waals surface area contributed by atoms with Gasteiger partial charge in [-0.2, -0.15) is 0 Å². The van der Waals surface area contributed by atoms with Gasteiger partial charge in [-0.1, -0.05) is 18.2 Å². The average molecular weight is 385 g/mol. The van der Waals surface area contributed by atoms with E-state index < -0.39 is 11.4 Å². The highest BCUT2D eigenvalue weighted by Crippen LogP contribution is 2.26. The van der Waals surface area contributed by atoms with E-state index in [4.69, 9.17) is 14.2 Å². The Morgan fingerprint density at radius 3 is 2.50 bits per heavy atom. The topological polar surface area (TPSA) is 76.0 Å². The predicted octanol–water partition coefficient (Wildman–Crippen LogP) is 3.61. The first kappa shape index (κ1) is 22.7. The molecule has 0 aliphatic rings. The molecule has 1 aromatic heterocycles. The Kier molecular flexibility index (Phi) is 9.39. The largest absolute Gasteiger partial charge is 0.591 e. The molecule has 0 fully saturated rings. The second kappa shape index (κ2) is 10.7. The molecule has 26 heavy (non-hydrogen) atoms. The minimum atomic E-state index is -1.28. The van der Waals surface area contributed by atoms with Crippen LogP contribution in [-0.2, 0) is 22.5 Å². The molecule has 0 aromatic carbocycles. The zero-order chi connectivity index (χ0) is 19.7. The summed E-state index contributed by atoms with van der Waals surface area (Å²) >= 11 is -1.28. The van der Waals surface area contributed by atoms with Gasteiger partial charge in [0.05, 0.1) is 19.4 Å². The Balaban J connectivity index is 2.96. The summed E-state index contributed by atoms with van der Waals surface area (Å²) in [5.74, 6) is 1.24. The predicted molar refractivity (Wildman–Crippen MR) is 107 cm³/mol. The summed E-state index contributed by atoms with van der Waals surface area (Å²) in [4.78, 5) is 4.33. The number of hydrogen-bond donors (Lipinski definition) is 0. The van der Waals surface area contributed by atoms with E-state index in [1.165, 1.54) is 0 Å². The maximum atomic E-state index is 12.4. The van der Waals surface area contributed by atoms with Gasteiger partial charge in [0.15, 0.2) is 5.75 Å². The Hall–Kier alpha value is -1.31. The van der Waals surface area contributed by atoms with E-state index in [9.17, 15) is 4.55 Å². The van der Waals surface area contributed by atoms with Crippen LogP contribution in [0.2, 0.25) is 0 Å². The molecule has 0 N–H and O–H groups in total. The smallest absolute Gasteiger partial charge is 0.256 e. The number of hydrogen-bond acceptors (Lipinski definition) is 6. The molecule has 0 spiro atoms. The van der Waals surface area contributed by atoms with Crippen molar-refractivity contribution in [3.05, 3.63) is 17.8 Å². The number of nitrogens with zero attached hydrogens (tertiary/aromatic N) is 2. The number of aromatic nitrogens is 1. The van der Waals surface area contributed by atoms with Crippen LogP contribution in [0.3, 0.4) is 0 Å². The lowest BCUT2D eigenvalue weighted by atomic mass is 10.0. The van der Waals surface area contributed by atoms with E-state index in [1.807, 2.05) is 26.8 Å². The molecular formula is C19H32N2O4S. The van der Waals surface area contributed by atoms with Gasteiger partial charge in [-0.05, 0) is 38.3 Å². The lowest BCUT2D eigenvalue weighted by Crippen LogP contribution is -2.28. The van der Waals surface area contributed by atoms with Crippen molar-refractivity contribution in [3.8, 4) is 11.6 Å². The summed E-state index contributed by atoms with van der Waals surface area (Å²) in [6.45, 7) is 11.0. The molecule has 0 radical (unpaired) electrons. The normalized spacial score (nSPS) is 13.8. The van der Waals surface area contributed by atoms with Crippen LogP contribution in [0.25, 0.3) is 0 Å². The second-order valence-corrected chi connectivity index (χ2v) is 9.23. The van der Waals surface area contributed by atoms with Crippen molar-refractivity contribution in [2.45, 2.75) is 52.2 Å². The van der Waals surface area contributed by atoms with Crippen LogP contribution in [0.15, 0.2) is 16.7 Å². The third-order valence-corrected chi connectivity index (χ3v) is 5.04. The summed E-state index contributed by atoms with van der Waals surface area (Å²) in [6, 6.07) is 1.91. The molecule has 0 bridgehead atoms. The second-order valence-electron chi connectivity index (χ2n) is 7.32. The lowest BCUT2D eigenvalue weighted by Gasteiger charge is -2.20. The van der Waals surface area contributed by atoms with Gasteiger partial charge in [-0.15, -0.1) is 0 Å². The first-order chi connectivity index (χ1) is 12.2. The van der Waals surface area contributed by atoms with Gasteiger partial charge >= 0.3 is 0 Å². The van der Waals surface area contributed by atoms with E-state index >= 15 is 0 Å². The van der Waals surface area contributed by atoms with Crippen LogP contribution in [0.1, 0.15) is 46.6 Å². The van der Waals surface area contributed by atoms with Gasteiger partial charge in [0.25, 0.3) is 5.88 Å². The fraction of sp³-hybridized carbons (Fsp3) is 0.684. The zero-order valence-corrected chi connectivity index (χ0v) is 17.8. The van der Waals surface area contributed by atoms with Crippen molar-refractivity contribution in [1.29, 1.82) is 0 Å². The maximum absolute atomic E-state index is 12.4. The summed E-state index contributed by atoms with van der Waals surface area (Å²) in [6.07, 6.45) is 3.11. The lowest BCUT2D eigenvalue weighted by molar-refractivity contribution is 0.170. The van der Waals surface area contributed by atoms with Crippen LogP contribution in [0.4, 0.5) is 0 Å². The monoisotopic (exact) mass is 384 g/mol. The molecule has 0 aliphatic heterocycles. The highest BCUT2D eigenvalue weighted by molar-refractivity contribution is 7.91. The van der Waals surface area contributed by atoms with Crippen LogP contribution in [0, 0.1) is 5.92 Å². The third-order valence-electron chi connectivity index (χ3n) is 3.59. The van der Waals surface area contributed by atoms with Crippen molar-refractivity contribution in [2.24, 2.45) is 10.3 Å². The Bertz CT molecular complexity index is 585. The van der Waals surface area contributed by atoms with Gasteiger partial charge in [0.1, 0.15) is 16.1 Å². The molecule has 1 heterocycles. The van der Waals surface area contributed by atoms with Gasteiger partial charge in [-0.25, -0.2) is 4.98 Å². The zero-order valence-electron chi connectivity index (χ0n) is 17.0. The van der Waals surface area contributed by atoms with Gasteiger partial charge in [0.2, 0.25) is 0 Å². The number of methoxy groups -OCH3 is 2. The molecule has 6 nitrogen and oxygen atoms in total. The molecule has 0 saturated carbocycles. The fourth-order valence-corrected chi connectivity index (χ4v) is 2.77. The molecular weight excluding hydrogens is 352 g/mol. The summed E-state index contributed by atoms with van der Waals surface area (Å²) in [7, 11) is 3.23. The highest BCUT2D eigenvalue weighted by Gasteiger charge is 2.27. The number of ether oxygens (including phenoxy) is 3. The summed E-state index contributed by atoms with van der Waals surface area (Å²) in [5.41, 5.74) is 1.83. The Labute approximate surface area is 160 Å². The molecule has 0 aliphatic carbocycles. The first-order valence-corrected chi connectivity index (χ1v) is 9.93. The van der Waals surface area contributed by atoms with E-state index in [0.29, 0.717) is 31.3 Å². The van der Waals surface area contributed by atoms with Crippen LogP contribution in [-0.4, -0.2) is 47.4 Å². The van der Waals surface area contributed by atoms with Crippen LogP contribution < -0.4 is 9.47 Å². The summed E-state index contributed by atoms with van der Waals surface area (Å²) in [5, 5.41) is 0. The summed E-state index contributed by atoms with van der Waals surface area (Å²) < 4.78 is 32.6. The molecule has 1 atom stereocenters. The number of pyridine rings is 1. The standard InChI is InChI=1S/C19H32N2O4S/c1-14(2)16(21-26(22)19(3,4)5)11-15-12-17(18(24-7)20-13-15)25-10-8-9-23-6/h12-14H,8-11H2,1-7H3/b21-16-/t26-/m0/s1. The molecule has 7 heteroatoms. The molecule has 1 aromatic rings. The first-order valence-electron chi connectivity index (χ1n) is 8.83. The fourth-order valence-electron chi connectivity index (χ4n) is 2.01. The third kappa shape index (κ3) is 7.51. The molecule has 0 amide bonds. The van der Waals surface area contributed by atoms with Crippen molar-refractivity contribution in [2.75, 3.05) is 27.4 Å². The maximum Gasteiger partial charge on any atom is 0.256 e. The Morgan fingerprint density at radius 1 is 1.27 bits per heavy atom. The van der Waals surface area contributed by atoms with E-state index in [0.717, 1.165) is 17.7 Å². The molecule has 0 saturated heterocycles. The van der Waals surface area contributed by atoms with Gasteiger partial charge in [-0.3, -0.25) is 0 Å². The average Bonchev–Trinajstić information content (AvgIpc) is 2.57. The molecule has 0 unspecified atom stereocenters. The molecule has 1 rings (SSSR count). The van der Waals surface area contributed by atoms with E-state index in [-0.39, 0.29) is 10.7 Å². The van der Waals surface area contributed by atoms with E-state index in [2.05, 4.69) is 23.2 Å². The Morgan fingerprint density at radius 2 is 1.96 bits per heavy atom. The van der Waals surface area contributed by atoms with E-state index in [1.54, 1.807) is 20.4 Å². The van der Waals surface area contributed by atoms with Crippen molar-refractivity contribution in [1.82, 2.24) is 4.98 Å². The van der Waals surface area contributed by atoms with Crippen LogP contribution in [0.5, 0.6) is 11.6 Å². The minimum absolute atomic E-state index is 0.189. The SMILES string of the molecule is COCCCOc1cc(C/C(=N/[S@@+]([O-])C(C)(C)C)C(C)C)cnc1OC. The van der Waals surface area contributed by atoms with Crippen LogP contribution >= 0.6 is 0 Å². The minimum Gasteiger partial charge on any atom is -0.591 e. The molecule has 148 valence electrons. The van der Waals surface area contributed by atoms with Crippen molar-refractivity contribution < 1.29 is 18.8 Å². The quantitative estimate of drug-likeness (QED) is 0.350.